The van der Waals surface area contributed by atoms with Crippen LogP contribution >= 0.6 is 15.9 Å². The molecule has 24 heavy (non-hydrogen) atoms. The minimum absolute atomic E-state index is 0.746. The number of alkyl halides is 1. The summed E-state index contributed by atoms with van der Waals surface area (Å²) in [5.41, 5.74) is 0. The molecule has 0 saturated heterocycles. The Labute approximate surface area is 153 Å². The Bertz CT molecular complexity index is 635. The van der Waals surface area contributed by atoms with Crippen molar-refractivity contribution in [2.45, 2.75) is 6.42 Å². The van der Waals surface area contributed by atoms with E-state index in [1.165, 1.54) is 15.6 Å². The van der Waals surface area contributed by atoms with E-state index >= 15 is 0 Å². The second kappa shape index (κ2) is 8.43. The van der Waals surface area contributed by atoms with E-state index in [1.54, 1.807) is 0 Å². The van der Waals surface area contributed by atoms with Crippen molar-refractivity contribution in [1.29, 1.82) is 0 Å². The first kappa shape index (κ1) is 17.2. The molecule has 0 atom stereocenters. The number of hydrogen-bond acceptors (Lipinski definition) is 1. The second-order valence-corrected chi connectivity index (χ2v) is 9.85. The first-order valence-electron chi connectivity index (χ1n) is 8.24. The van der Waals surface area contributed by atoms with Gasteiger partial charge in [-0.3, -0.25) is 0 Å². The van der Waals surface area contributed by atoms with Crippen LogP contribution in [0.2, 0.25) is 0 Å². The molecular weight excluding hydrogens is 376 g/mol. The fourth-order valence-electron chi connectivity index (χ4n) is 3.05. The highest BCUT2D eigenvalue weighted by atomic mass is 79.9. The van der Waals surface area contributed by atoms with Gasteiger partial charge in [0.15, 0.2) is 0 Å². The fraction of sp³-hybridized carbons (Fsp3) is 0.143. The van der Waals surface area contributed by atoms with Crippen LogP contribution in [0.25, 0.3) is 0 Å². The highest BCUT2D eigenvalue weighted by Gasteiger charge is 2.41. The van der Waals surface area contributed by atoms with E-state index in [2.05, 4.69) is 107 Å². The summed E-state index contributed by atoms with van der Waals surface area (Å²) < 4.78 is 6.74. The molecule has 0 saturated carbocycles. The summed E-state index contributed by atoms with van der Waals surface area (Å²) in [5, 5.41) is 4.82. The lowest BCUT2D eigenvalue weighted by Crippen LogP contribution is -2.69. The third-order valence-corrected chi connectivity index (χ3v) is 8.77. The lowest BCUT2D eigenvalue weighted by atomic mass is 10.3. The smallest absolute Gasteiger partial charge is 0.288 e. The maximum absolute atomic E-state index is 6.74. The topological polar surface area (TPSA) is 9.23 Å². The molecule has 0 heterocycles. The summed E-state index contributed by atoms with van der Waals surface area (Å²) in [7, 11) is -2.48. The average molecular weight is 397 g/mol. The average Bonchev–Trinajstić information content (AvgIpc) is 2.68. The number of halogens is 1. The molecule has 0 spiro atoms. The van der Waals surface area contributed by atoms with E-state index in [1.807, 2.05) is 0 Å². The summed E-state index contributed by atoms with van der Waals surface area (Å²) in [4.78, 5) is 0. The maximum atomic E-state index is 6.74. The van der Waals surface area contributed by atoms with E-state index in [-0.39, 0.29) is 0 Å². The Morgan fingerprint density at radius 3 is 1.33 bits per heavy atom. The molecule has 122 valence electrons. The number of benzene rings is 3. The molecule has 0 aromatic heterocycles. The molecular formula is C21H21BrOSi. The monoisotopic (exact) mass is 396 g/mol. The lowest BCUT2D eigenvalue weighted by molar-refractivity contribution is 0.325. The molecule has 3 heteroatoms. The van der Waals surface area contributed by atoms with Gasteiger partial charge in [-0.25, -0.2) is 0 Å². The second-order valence-electron chi connectivity index (χ2n) is 5.67. The van der Waals surface area contributed by atoms with Crippen LogP contribution in [0.4, 0.5) is 0 Å². The van der Waals surface area contributed by atoms with Gasteiger partial charge in [0.25, 0.3) is 8.32 Å². The van der Waals surface area contributed by atoms with Gasteiger partial charge in [-0.2, -0.15) is 0 Å². The van der Waals surface area contributed by atoms with E-state index in [9.17, 15) is 0 Å². The van der Waals surface area contributed by atoms with Crippen LogP contribution in [0.1, 0.15) is 6.42 Å². The van der Waals surface area contributed by atoms with Gasteiger partial charge in [0.1, 0.15) is 0 Å². The molecule has 0 aliphatic heterocycles. The highest BCUT2D eigenvalue weighted by Crippen LogP contribution is 2.10. The van der Waals surface area contributed by atoms with Crippen molar-refractivity contribution < 1.29 is 4.43 Å². The molecule has 0 radical (unpaired) electrons. The first-order valence-corrected chi connectivity index (χ1v) is 11.3. The minimum Gasteiger partial charge on any atom is -0.404 e. The molecule has 0 N–H and O–H groups in total. The summed E-state index contributed by atoms with van der Waals surface area (Å²) in [6.07, 6.45) is 1.00. The molecule has 0 aliphatic carbocycles. The molecule has 0 fully saturated rings. The third-order valence-electron chi connectivity index (χ3n) is 4.14. The maximum Gasteiger partial charge on any atom is 0.288 e. The van der Waals surface area contributed by atoms with Gasteiger partial charge in [-0.15, -0.1) is 0 Å². The van der Waals surface area contributed by atoms with Crippen LogP contribution < -0.4 is 15.6 Å². The Balaban J connectivity index is 2.20. The Hall–Kier alpha value is -1.68. The predicted molar refractivity (Wildman–Crippen MR) is 108 cm³/mol. The summed E-state index contributed by atoms with van der Waals surface area (Å²) in [6.45, 7) is 0.746. The molecule has 0 amide bonds. The van der Waals surface area contributed by atoms with Crippen LogP contribution in [-0.4, -0.2) is 20.3 Å². The zero-order valence-electron chi connectivity index (χ0n) is 13.6. The van der Waals surface area contributed by atoms with Crippen molar-refractivity contribution in [2.75, 3.05) is 11.9 Å². The standard InChI is InChI=1S/C21H21BrOSi/c22-17-10-18-23-24(19-11-4-1-5-12-19,20-13-6-2-7-14-20)21-15-8-3-9-16-21/h1-9,11-16H,10,17-18H2. The normalized spacial score (nSPS) is 11.4. The molecule has 3 rings (SSSR count). The Morgan fingerprint density at radius 2 is 1.00 bits per heavy atom. The van der Waals surface area contributed by atoms with Crippen LogP contribution in [0.5, 0.6) is 0 Å². The van der Waals surface area contributed by atoms with Gasteiger partial charge in [0.05, 0.1) is 0 Å². The zero-order valence-corrected chi connectivity index (χ0v) is 16.2. The van der Waals surface area contributed by atoms with E-state index in [0.717, 1.165) is 18.4 Å². The molecule has 0 unspecified atom stereocenters. The van der Waals surface area contributed by atoms with Crippen LogP contribution in [-0.2, 0) is 4.43 Å². The summed E-state index contributed by atoms with van der Waals surface area (Å²) in [5.74, 6) is 0. The third kappa shape index (κ3) is 3.53. The molecule has 3 aromatic rings. The fourth-order valence-corrected chi connectivity index (χ4v) is 7.21. The minimum atomic E-state index is -2.48. The van der Waals surface area contributed by atoms with Gasteiger partial charge in [-0.05, 0) is 22.0 Å². The highest BCUT2D eigenvalue weighted by molar-refractivity contribution is 9.09. The predicted octanol–water partition coefficient (Wildman–Crippen LogP) is 3.46. The molecule has 1 nitrogen and oxygen atoms in total. The number of rotatable bonds is 7. The van der Waals surface area contributed by atoms with Gasteiger partial charge in [-0.1, -0.05) is 107 Å². The SMILES string of the molecule is BrCCCO[Si](c1ccccc1)(c1ccccc1)c1ccccc1. The van der Waals surface area contributed by atoms with Crippen LogP contribution in [0.3, 0.4) is 0 Å². The van der Waals surface area contributed by atoms with Crippen molar-refractivity contribution in [3.8, 4) is 0 Å². The van der Waals surface area contributed by atoms with Crippen LogP contribution in [0, 0.1) is 0 Å². The van der Waals surface area contributed by atoms with Crippen molar-refractivity contribution >= 4 is 39.8 Å². The molecule has 0 aliphatic rings. The summed E-state index contributed by atoms with van der Waals surface area (Å²) in [6, 6.07) is 32.1. The lowest BCUT2D eigenvalue weighted by Gasteiger charge is -2.33. The van der Waals surface area contributed by atoms with Crippen molar-refractivity contribution in [3.63, 3.8) is 0 Å². The van der Waals surface area contributed by atoms with E-state index in [4.69, 9.17) is 4.43 Å². The van der Waals surface area contributed by atoms with Crippen molar-refractivity contribution in [2.24, 2.45) is 0 Å². The van der Waals surface area contributed by atoms with Gasteiger partial charge >= 0.3 is 0 Å². The molecule has 0 bridgehead atoms. The van der Waals surface area contributed by atoms with Crippen LogP contribution in [0.15, 0.2) is 91.0 Å². The van der Waals surface area contributed by atoms with Gasteiger partial charge < -0.3 is 4.43 Å². The Morgan fingerprint density at radius 1 is 0.625 bits per heavy atom. The first-order chi connectivity index (χ1) is 11.9. The van der Waals surface area contributed by atoms with Gasteiger partial charge in [0.2, 0.25) is 0 Å². The Kier molecular flexibility index (Phi) is 6.02. The zero-order chi connectivity index (χ0) is 16.7. The largest absolute Gasteiger partial charge is 0.404 e. The van der Waals surface area contributed by atoms with Crippen molar-refractivity contribution in [3.05, 3.63) is 91.0 Å². The molecule has 3 aromatic carbocycles. The summed E-state index contributed by atoms with van der Waals surface area (Å²) >= 11 is 3.52. The van der Waals surface area contributed by atoms with E-state index < -0.39 is 8.32 Å². The number of hydrogen-bond donors (Lipinski definition) is 0. The van der Waals surface area contributed by atoms with E-state index in [0.29, 0.717) is 0 Å². The van der Waals surface area contributed by atoms with Crippen molar-refractivity contribution in [1.82, 2.24) is 0 Å². The van der Waals surface area contributed by atoms with Gasteiger partial charge in [0, 0.05) is 11.9 Å². The quantitative estimate of drug-likeness (QED) is 0.257.